The summed E-state index contributed by atoms with van der Waals surface area (Å²) in [6, 6.07) is 13.5. The minimum Gasteiger partial charge on any atom is -0.450 e. The topological polar surface area (TPSA) is 84.5 Å². The molecule has 0 atom stereocenters. The first kappa shape index (κ1) is 18.0. The number of aryl methyl sites for hydroxylation is 1. The van der Waals surface area contributed by atoms with Crippen LogP contribution in [-0.2, 0) is 21.3 Å². The van der Waals surface area contributed by atoms with Gasteiger partial charge in [0.15, 0.2) is 0 Å². The van der Waals surface area contributed by atoms with E-state index in [1.807, 2.05) is 31.2 Å². The van der Waals surface area contributed by atoms with Crippen molar-refractivity contribution in [1.82, 2.24) is 4.72 Å². The Morgan fingerprint density at radius 3 is 2.25 bits per heavy atom. The average molecular weight is 348 g/mol. The number of hydrogen-bond donors (Lipinski definition) is 2. The molecule has 0 aromatic heterocycles. The second kappa shape index (κ2) is 7.94. The number of carbonyl (C=O) groups excluding carboxylic acids is 1. The number of anilines is 1. The van der Waals surface area contributed by atoms with Crippen LogP contribution in [-0.4, -0.2) is 21.1 Å². The lowest BCUT2D eigenvalue weighted by atomic mass is 10.2. The monoisotopic (exact) mass is 348 g/mol. The van der Waals surface area contributed by atoms with Gasteiger partial charge in [0.1, 0.15) is 0 Å². The molecule has 0 saturated carbocycles. The third-order valence-electron chi connectivity index (χ3n) is 3.27. The summed E-state index contributed by atoms with van der Waals surface area (Å²) < 4.78 is 31.9. The van der Waals surface area contributed by atoms with Crippen molar-refractivity contribution >= 4 is 21.8 Å². The maximum Gasteiger partial charge on any atom is 0.411 e. The van der Waals surface area contributed by atoms with Gasteiger partial charge < -0.3 is 4.74 Å². The molecule has 0 unspecified atom stereocenters. The van der Waals surface area contributed by atoms with Crippen LogP contribution in [0.2, 0.25) is 0 Å². The molecule has 0 aliphatic rings. The van der Waals surface area contributed by atoms with Crippen molar-refractivity contribution in [2.24, 2.45) is 0 Å². The van der Waals surface area contributed by atoms with Crippen LogP contribution in [0.3, 0.4) is 0 Å². The first-order chi connectivity index (χ1) is 11.4. The van der Waals surface area contributed by atoms with E-state index in [1.54, 1.807) is 6.92 Å². The molecule has 24 heavy (non-hydrogen) atoms. The van der Waals surface area contributed by atoms with E-state index in [2.05, 4.69) is 10.0 Å². The van der Waals surface area contributed by atoms with E-state index < -0.39 is 16.1 Å². The van der Waals surface area contributed by atoms with Crippen molar-refractivity contribution in [3.8, 4) is 0 Å². The second-order valence-electron chi connectivity index (χ2n) is 5.18. The zero-order valence-corrected chi connectivity index (χ0v) is 14.4. The number of carbonyl (C=O) groups is 1. The fourth-order valence-electron chi connectivity index (χ4n) is 1.97. The van der Waals surface area contributed by atoms with E-state index in [1.165, 1.54) is 24.3 Å². The maximum absolute atomic E-state index is 12.3. The van der Waals surface area contributed by atoms with Crippen LogP contribution < -0.4 is 10.0 Å². The first-order valence-corrected chi connectivity index (χ1v) is 8.98. The quantitative estimate of drug-likeness (QED) is 0.840. The molecule has 0 bridgehead atoms. The highest BCUT2D eigenvalue weighted by molar-refractivity contribution is 7.89. The smallest absolute Gasteiger partial charge is 0.411 e. The van der Waals surface area contributed by atoms with Crippen LogP contribution >= 0.6 is 0 Å². The van der Waals surface area contributed by atoms with Gasteiger partial charge in [-0.1, -0.05) is 29.8 Å². The molecule has 128 valence electrons. The lowest BCUT2D eigenvalue weighted by molar-refractivity contribution is 0.168. The molecule has 7 heteroatoms. The van der Waals surface area contributed by atoms with Crippen molar-refractivity contribution < 1.29 is 17.9 Å². The highest BCUT2D eigenvalue weighted by Gasteiger charge is 2.14. The first-order valence-electron chi connectivity index (χ1n) is 7.50. The lowest BCUT2D eigenvalue weighted by Gasteiger charge is -2.09. The normalized spacial score (nSPS) is 11.1. The third kappa shape index (κ3) is 5.07. The minimum absolute atomic E-state index is 0.129. The van der Waals surface area contributed by atoms with Crippen LogP contribution in [0.1, 0.15) is 18.1 Å². The van der Waals surface area contributed by atoms with Crippen molar-refractivity contribution in [3.05, 3.63) is 59.7 Å². The number of nitrogens with one attached hydrogen (secondary N) is 2. The summed E-state index contributed by atoms with van der Waals surface area (Å²) in [6.07, 6.45) is -0.578. The predicted octanol–water partition coefficient (Wildman–Crippen LogP) is 3.04. The molecule has 0 aliphatic carbocycles. The Bertz CT molecular complexity index is 784. The van der Waals surface area contributed by atoms with Crippen molar-refractivity contribution in [1.29, 1.82) is 0 Å². The number of benzene rings is 2. The second-order valence-corrected chi connectivity index (χ2v) is 6.95. The van der Waals surface area contributed by atoms with E-state index in [-0.39, 0.29) is 18.0 Å². The predicted molar refractivity (Wildman–Crippen MR) is 92.3 cm³/mol. The number of rotatable bonds is 6. The van der Waals surface area contributed by atoms with Crippen LogP contribution in [0.4, 0.5) is 10.5 Å². The standard InChI is InChI=1S/C17H20N2O4S/c1-3-23-17(20)19-15-8-10-16(11-9-15)24(21,22)18-12-14-6-4-13(2)5-7-14/h4-11,18H,3,12H2,1-2H3,(H,19,20). The van der Waals surface area contributed by atoms with Gasteiger partial charge in [0.05, 0.1) is 11.5 Å². The molecule has 0 aliphatic heterocycles. The van der Waals surface area contributed by atoms with Gasteiger partial charge in [-0.3, -0.25) is 5.32 Å². The highest BCUT2D eigenvalue weighted by atomic mass is 32.2. The Morgan fingerprint density at radius 2 is 1.67 bits per heavy atom. The van der Waals surface area contributed by atoms with Crippen LogP contribution in [0, 0.1) is 6.92 Å². The van der Waals surface area contributed by atoms with E-state index in [9.17, 15) is 13.2 Å². The van der Waals surface area contributed by atoms with E-state index in [4.69, 9.17) is 4.74 Å². The molecular weight excluding hydrogens is 328 g/mol. The molecule has 2 aromatic carbocycles. The summed E-state index contributed by atoms with van der Waals surface area (Å²) >= 11 is 0. The molecule has 6 nitrogen and oxygen atoms in total. The molecule has 1 amide bonds. The van der Waals surface area contributed by atoms with Gasteiger partial charge in [-0.2, -0.15) is 0 Å². The van der Waals surface area contributed by atoms with Gasteiger partial charge in [0.2, 0.25) is 10.0 Å². The molecule has 0 heterocycles. The Balaban J connectivity index is 2.01. The van der Waals surface area contributed by atoms with E-state index in [0.717, 1.165) is 11.1 Å². The number of hydrogen-bond acceptors (Lipinski definition) is 4. The number of ether oxygens (including phenoxy) is 1. The Morgan fingerprint density at radius 1 is 1.04 bits per heavy atom. The van der Waals surface area contributed by atoms with Gasteiger partial charge in [0, 0.05) is 12.2 Å². The summed E-state index contributed by atoms with van der Waals surface area (Å²) in [6.45, 7) is 4.15. The third-order valence-corrected chi connectivity index (χ3v) is 4.69. The number of sulfonamides is 1. The van der Waals surface area contributed by atoms with Crippen LogP contribution in [0.25, 0.3) is 0 Å². The van der Waals surface area contributed by atoms with Gasteiger partial charge in [-0.15, -0.1) is 0 Å². The SMILES string of the molecule is CCOC(=O)Nc1ccc(S(=O)(=O)NCc2ccc(C)cc2)cc1. The molecule has 2 rings (SSSR count). The molecular formula is C17H20N2O4S. The molecule has 0 fully saturated rings. The molecule has 0 saturated heterocycles. The molecule has 0 radical (unpaired) electrons. The van der Waals surface area contributed by atoms with Crippen molar-refractivity contribution in [2.75, 3.05) is 11.9 Å². The van der Waals surface area contributed by atoms with Crippen LogP contribution in [0.15, 0.2) is 53.4 Å². The van der Waals surface area contributed by atoms with Gasteiger partial charge in [-0.25, -0.2) is 17.9 Å². The maximum atomic E-state index is 12.3. The zero-order chi connectivity index (χ0) is 17.6. The summed E-state index contributed by atoms with van der Waals surface area (Å²) in [7, 11) is -3.62. The largest absolute Gasteiger partial charge is 0.450 e. The summed E-state index contributed by atoms with van der Waals surface area (Å²) in [5, 5.41) is 2.51. The summed E-state index contributed by atoms with van der Waals surface area (Å²) in [5.41, 5.74) is 2.46. The zero-order valence-electron chi connectivity index (χ0n) is 13.6. The van der Waals surface area contributed by atoms with Crippen molar-refractivity contribution in [3.63, 3.8) is 0 Å². The van der Waals surface area contributed by atoms with Crippen LogP contribution in [0.5, 0.6) is 0 Å². The minimum atomic E-state index is -3.62. The number of amides is 1. The molecule has 2 N–H and O–H groups in total. The fourth-order valence-corrected chi connectivity index (χ4v) is 2.99. The Kier molecular flexibility index (Phi) is 5.94. The molecule has 0 spiro atoms. The average Bonchev–Trinajstić information content (AvgIpc) is 2.55. The Hall–Kier alpha value is -2.38. The fraction of sp³-hybridized carbons (Fsp3) is 0.235. The van der Waals surface area contributed by atoms with Gasteiger partial charge in [-0.05, 0) is 43.7 Å². The highest BCUT2D eigenvalue weighted by Crippen LogP contribution is 2.15. The summed E-state index contributed by atoms with van der Waals surface area (Å²) in [5.74, 6) is 0. The van der Waals surface area contributed by atoms with Gasteiger partial charge >= 0.3 is 6.09 Å². The van der Waals surface area contributed by atoms with E-state index in [0.29, 0.717) is 5.69 Å². The van der Waals surface area contributed by atoms with E-state index >= 15 is 0 Å². The summed E-state index contributed by atoms with van der Waals surface area (Å²) in [4.78, 5) is 11.4. The lowest BCUT2D eigenvalue weighted by Crippen LogP contribution is -2.23. The van der Waals surface area contributed by atoms with Gasteiger partial charge in [0.25, 0.3) is 0 Å². The molecule has 2 aromatic rings. The van der Waals surface area contributed by atoms with Crippen molar-refractivity contribution in [2.45, 2.75) is 25.3 Å². The Labute approximate surface area is 141 Å².